The highest BCUT2D eigenvalue weighted by Gasteiger charge is 2.07. The molecular weight excluding hydrogens is 256 g/mol. The van der Waals surface area contributed by atoms with Crippen LogP contribution in [0.2, 0.25) is 0 Å². The lowest BCUT2D eigenvalue weighted by molar-refractivity contribution is -0.120. The number of hydrogen-bond acceptors (Lipinski definition) is 3. The molecule has 0 saturated heterocycles. The summed E-state index contributed by atoms with van der Waals surface area (Å²) in [5.74, 6) is -0.180. The molecule has 96 valence electrons. The lowest BCUT2D eigenvalue weighted by atomic mass is 10.2. The Morgan fingerprint density at radius 1 is 1.50 bits per heavy atom. The van der Waals surface area contributed by atoms with Crippen LogP contribution in [0.4, 0.5) is 0 Å². The zero-order valence-corrected chi connectivity index (χ0v) is 10.7. The minimum atomic E-state index is -0.395. The molecule has 18 heavy (non-hydrogen) atoms. The zero-order chi connectivity index (χ0) is 13.1. The van der Waals surface area contributed by atoms with Crippen LogP contribution in [-0.2, 0) is 18.4 Å². The van der Waals surface area contributed by atoms with Gasteiger partial charge in [-0.25, -0.2) is 4.79 Å². The first-order valence-corrected chi connectivity index (χ1v) is 6.06. The van der Waals surface area contributed by atoms with Crippen molar-refractivity contribution in [3.05, 3.63) is 34.3 Å². The fourth-order valence-corrected chi connectivity index (χ4v) is 1.83. The number of oxazole rings is 1. The number of halogens is 1. The Hall–Kier alpha value is -1.75. The minimum absolute atomic E-state index is 0.0915. The average Bonchev–Trinajstić information content (AvgIpc) is 2.63. The number of alkyl halides is 1. The molecule has 1 N–H and O–H groups in total. The molecule has 0 fully saturated rings. The Balaban J connectivity index is 2.17. The SMILES string of the molecule is Cn1c(=O)oc2ccc(CNC(=O)CCCl)cc21. The van der Waals surface area contributed by atoms with E-state index >= 15 is 0 Å². The van der Waals surface area contributed by atoms with Gasteiger partial charge in [0.2, 0.25) is 5.91 Å². The summed E-state index contributed by atoms with van der Waals surface area (Å²) in [4.78, 5) is 22.6. The van der Waals surface area contributed by atoms with Gasteiger partial charge in [0.1, 0.15) is 0 Å². The van der Waals surface area contributed by atoms with E-state index in [1.54, 1.807) is 13.1 Å². The van der Waals surface area contributed by atoms with E-state index in [4.69, 9.17) is 16.0 Å². The summed E-state index contributed by atoms with van der Waals surface area (Å²) >= 11 is 5.47. The summed E-state index contributed by atoms with van der Waals surface area (Å²) in [5, 5.41) is 2.75. The number of carbonyl (C=O) groups excluding carboxylic acids is 1. The van der Waals surface area contributed by atoms with Gasteiger partial charge in [-0.15, -0.1) is 11.6 Å². The number of carbonyl (C=O) groups is 1. The number of aromatic nitrogens is 1. The molecule has 1 aromatic carbocycles. The summed E-state index contributed by atoms with van der Waals surface area (Å²) < 4.78 is 6.45. The van der Waals surface area contributed by atoms with E-state index < -0.39 is 5.76 Å². The second kappa shape index (κ2) is 5.27. The summed E-state index contributed by atoms with van der Waals surface area (Å²) in [5.41, 5.74) is 2.16. The summed E-state index contributed by atoms with van der Waals surface area (Å²) in [7, 11) is 1.64. The predicted octanol–water partition coefficient (Wildman–Crippen LogP) is 1.38. The number of rotatable bonds is 4. The molecule has 0 bridgehead atoms. The Kier molecular flexibility index (Phi) is 3.72. The number of nitrogens with zero attached hydrogens (tertiary/aromatic N) is 1. The lowest BCUT2D eigenvalue weighted by Crippen LogP contribution is -2.22. The van der Waals surface area contributed by atoms with Gasteiger partial charge in [-0.3, -0.25) is 9.36 Å². The van der Waals surface area contributed by atoms with Crippen LogP contribution in [0.1, 0.15) is 12.0 Å². The molecule has 1 heterocycles. The first kappa shape index (κ1) is 12.7. The maximum absolute atomic E-state index is 11.3. The molecule has 0 aliphatic carbocycles. The van der Waals surface area contributed by atoms with Crippen molar-refractivity contribution in [2.75, 3.05) is 5.88 Å². The fraction of sp³-hybridized carbons (Fsp3) is 0.333. The molecule has 0 aliphatic rings. The molecule has 6 heteroatoms. The summed E-state index contributed by atoms with van der Waals surface area (Å²) in [6, 6.07) is 5.35. The van der Waals surface area contributed by atoms with Crippen LogP contribution in [0.5, 0.6) is 0 Å². The van der Waals surface area contributed by atoms with Crippen molar-refractivity contribution in [3.63, 3.8) is 0 Å². The van der Waals surface area contributed by atoms with Gasteiger partial charge >= 0.3 is 5.76 Å². The van der Waals surface area contributed by atoms with E-state index in [1.807, 2.05) is 12.1 Å². The van der Waals surface area contributed by atoms with Gasteiger partial charge in [-0.2, -0.15) is 0 Å². The van der Waals surface area contributed by atoms with Crippen LogP contribution in [0.3, 0.4) is 0 Å². The molecule has 0 spiro atoms. The minimum Gasteiger partial charge on any atom is -0.408 e. The van der Waals surface area contributed by atoms with Crippen molar-refractivity contribution in [1.29, 1.82) is 0 Å². The molecule has 1 amide bonds. The lowest BCUT2D eigenvalue weighted by Gasteiger charge is -2.04. The Morgan fingerprint density at radius 3 is 3.00 bits per heavy atom. The third-order valence-electron chi connectivity index (χ3n) is 2.67. The number of hydrogen-bond donors (Lipinski definition) is 1. The molecule has 1 aromatic heterocycles. The number of amides is 1. The molecule has 0 atom stereocenters. The number of nitrogens with one attached hydrogen (secondary N) is 1. The average molecular weight is 269 g/mol. The first-order chi connectivity index (χ1) is 8.61. The number of benzene rings is 1. The highest BCUT2D eigenvalue weighted by Crippen LogP contribution is 2.14. The number of fused-ring (bicyclic) bond motifs is 1. The van der Waals surface area contributed by atoms with Crippen LogP contribution in [0.25, 0.3) is 11.1 Å². The standard InChI is InChI=1S/C12H13ClN2O3/c1-15-9-6-8(7-14-11(16)4-5-13)2-3-10(9)18-12(15)17/h2-3,6H,4-5,7H2,1H3,(H,14,16). The molecular formula is C12H13ClN2O3. The van der Waals surface area contributed by atoms with Gasteiger partial charge in [0, 0.05) is 25.9 Å². The molecule has 2 rings (SSSR count). The van der Waals surface area contributed by atoms with E-state index in [0.717, 1.165) is 5.56 Å². The first-order valence-electron chi connectivity index (χ1n) is 5.53. The highest BCUT2D eigenvalue weighted by molar-refractivity contribution is 6.18. The smallest absolute Gasteiger partial charge is 0.408 e. The van der Waals surface area contributed by atoms with Crippen molar-refractivity contribution >= 4 is 28.6 Å². The van der Waals surface area contributed by atoms with E-state index in [0.29, 0.717) is 29.9 Å². The largest absolute Gasteiger partial charge is 0.419 e. The van der Waals surface area contributed by atoms with Crippen molar-refractivity contribution in [1.82, 2.24) is 9.88 Å². The second-order valence-corrected chi connectivity index (χ2v) is 4.32. The molecule has 2 aromatic rings. The third-order valence-corrected chi connectivity index (χ3v) is 2.86. The van der Waals surface area contributed by atoms with E-state index in [2.05, 4.69) is 5.32 Å². The maximum Gasteiger partial charge on any atom is 0.419 e. The summed E-state index contributed by atoms with van der Waals surface area (Å²) in [6.07, 6.45) is 0.300. The van der Waals surface area contributed by atoms with Crippen molar-refractivity contribution in [2.45, 2.75) is 13.0 Å². The van der Waals surface area contributed by atoms with Crippen LogP contribution >= 0.6 is 11.6 Å². The molecule has 5 nitrogen and oxygen atoms in total. The fourth-order valence-electron chi connectivity index (χ4n) is 1.66. The van der Waals surface area contributed by atoms with E-state index in [-0.39, 0.29) is 5.91 Å². The maximum atomic E-state index is 11.3. The highest BCUT2D eigenvalue weighted by atomic mass is 35.5. The number of aryl methyl sites for hydroxylation is 1. The van der Waals surface area contributed by atoms with Crippen LogP contribution in [-0.4, -0.2) is 16.4 Å². The third kappa shape index (κ3) is 2.56. The Labute approximate surface area is 108 Å². The van der Waals surface area contributed by atoms with Crippen LogP contribution in [0.15, 0.2) is 27.4 Å². The van der Waals surface area contributed by atoms with Crippen LogP contribution in [0, 0.1) is 0 Å². The zero-order valence-electron chi connectivity index (χ0n) is 9.90. The molecule has 0 unspecified atom stereocenters. The van der Waals surface area contributed by atoms with Gasteiger partial charge in [0.05, 0.1) is 5.52 Å². The predicted molar refractivity (Wildman–Crippen MR) is 68.6 cm³/mol. The Bertz CT molecular complexity index is 630. The topological polar surface area (TPSA) is 64.2 Å². The molecule has 0 radical (unpaired) electrons. The van der Waals surface area contributed by atoms with Gasteiger partial charge < -0.3 is 9.73 Å². The molecule has 0 aliphatic heterocycles. The van der Waals surface area contributed by atoms with Crippen molar-refractivity contribution in [3.8, 4) is 0 Å². The normalized spacial score (nSPS) is 10.8. The van der Waals surface area contributed by atoms with Gasteiger partial charge in [0.25, 0.3) is 0 Å². The van der Waals surface area contributed by atoms with E-state index in [1.165, 1.54) is 4.57 Å². The van der Waals surface area contributed by atoms with Crippen molar-refractivity contribution in [2.24, 2.45) is 7.05 Å². The van der Waals surface area contributed by atoms with Gasteiger partial charge in [-0.1, -0.05) is 6.07 Å². The second-order valence-electron chi connectivity index (χ2n) is 3.94. The van der Waals surface area contributed by atoms with Crippen LogP contribution < -0.4 is 11.1 Å². The monoisotopic (exact) mass is 268 g/mol. The van der Waals surface area contributed by atoms with E-state index in [9.17, 15) is 9.59 Å². The Morgan fingerprint density at radius 2 is 2.28 bits per heavy atom. The van der Waals surface area contributed by atoms with Gasteiger partial charge in [0.15, 0.2) is 5.58 Å². The quantitative estimate of drug-likeness (QED) is 0.852. The van der Waals surface area contributed by atoms with Crippen molar-refractivity contribution < 1.29 is 9.21 Å². The summed E-state index contributed by atoms with van der Waals surface area (Å²) in [6.45, 7) is 0.408. The van der Waals surface area contributed by atoms with Gasteiger partial charge in [-0.05, 0) is 17.7 Å². The molecule has 0 saturated carbocycles.